The van der Waals surface area contributed by atoms with Crippen molar-refractivity contribution in [2.24, 2.45) is 0 Å². The topological polar surface area (TPSA) is 17.0 Å². The number of aromatic nitrogens is 1. The van der Waals surface area contributed by atoms with Crippen LogP contribution in [-0.2, 0) is 13.0 Å². The Hall–Kier alpha value is -1.06. The number of benzene rings is 1. The number of nitrogens with one attached hydrogen (secondary N) is 1. The number of hydrogen-bond donors (Lipinski definition) is 1. The van der Waals surface area contributed by atoms with E-state index in [2.05, 4.69) is 69.4 Å². The van der Waals surface area contributed by atoms with E-state index in [1.165, 1.54) is 42.4 Å². The van der Waals surface area contributed by atoms with Gasteiger partial charge < -0.3 is 9.88 Å². The second kappa shape index (κ2) is 6.80. The Bertz CT molecular complexity index is 603. The Morgan fingerprint density at radius 2 is 2.24 bits per heavy atom. The molecule has 2 aromatic rings. The third-order valence-corrected chi connectivity index (χ3v) is 4.70. The minimum Gasteiger partial charge on any atom is -0.349 e. The Kier molecular flexibility index (Phi) is 4.81. The van der Waals surface area contributed by atoms with Crippen molar-refractivity contribution in [2.45, 2.75) is 45.2 Å². The molecule has 1 N–H and O–H groups in total. The highest BCUT2D eigenvalue weighted by molar-refractivity contribution is 9.10. The van der Waals surface area contributed by atoms with Gasteiger partial charge in [0.2, 0.25) is 0 Å². The van der Waals surface area contributed by atoms with Gasteiger partial charge in [0.1, 0.15) is 0 Å². The lowest BCUT2D eigenvalue weighted by atomic mass is 9.91. The maximum Gasteiger partial charge on any atom is 0.0470 e. The Morgan fingerprint density at radius 1 is 1.33 bits per heavy atom. The molecule has 2 nitrogen and oxygen atoms in total. The fraction of sp³-hybridized carbons (Fsp3) is 0.444. The monoisotopic (exact) mass is 346 g/mol. The smallest absolute Gasteiger partial charge is 0.0470 e. The lowest BCUT2D eigenvalue weighted by Crippen LogP contribution is -2.24. The van der Waals surface area contributed by atoms with E-state index < -0.39 is 0 Å². The summed E-state index contributed by atoms with van der Waals surface area (Å²) in [6.07, 6.45) is 9.69. The molecule has 0 aliphatic heterocycles. The predicted octanol–water partition coefficient (Wildman–Crippen LogP) is 4.68. The van der Waals surface area contributed by atoms with Gasteiger partial charge in [-0.25, -0.2) is 0 Å². The molecule has 0 fully saturated rings. The van der Waals surface area contributed by atoms with Crippen LogP contribution < -0.4 is 5.32 Å². The third-order valence-electron chi connectivity index (χ3n) is 4.21. The maximum absolute atomic E-state index is 3.69. The highest BCUT2D eigenvalue weighted by Gasteiger charge is 2.21. The van der Waals surface area contributed by atoms with E-state index in [9.17, 15) is 0 Å². The Balaban J connectivity index is 1.78. The number of fused-ring (bicyclic) bond motifs is 1. The first-order chi connectivity index (χ1) is 10.3. The van der Waals surface area contributed by atoms with E-state index in [1.807, 2.05) is 0 Å². The zero-order valence-corrected chi connectivity index (χ0v) is 14.2. The number of aryl methyl sites for hydroxylation is 1. The molecule has 0 saturated heterocycles. The first kappa shape index (κ1) is 14.9. The molecule has 0 spiro atoms. The van der Waals surface area contributed by atoms with E-state index >= 15 is 0 Å². The third kappa shape index (κ3) is 3.58. The number of halogens is 1. The van der Waals surface area contributed by atoms with E-state index in [0.29, 0.717) is 6.04 Å². The molecule has 1 atom stereocenters. The largest absolute Gasteiger partial charge is 0.349 e. The summed E-state index contributed by atoms with van der Waals surface area (Å²) >= 11 is 3.55. The zero-order chi connectivity index (χ0) is 14.7. The highest BCUT2D eigenvalue weighted by Crippen LogP contribution is 2.30. The van der Waals surface area contributed by atoms with Crippen molar-refractivity contribution < 1.29 is 0 Å². The van der Waals surface area contributed by atoms with Crippen LogP contribution in [0.3, 0.4) is 0 Å². The molecule has 0 radical (unpaired) electrons. The fourth-order valence-electron chi connectivity index (χ4n) is 3.22. The minimum absolute atomic E-state index is 0.553. The van der Waals surface area contributed by atoms with Crippen LogP contribution in [0.1, 0.15) is 48.9 Å². The van der Waals surface area contributed by atoms with Crippen LogP contribution in [0.15, 0.2) is 41.1 Å². The molecule has 3 heteroatoms. The average molecular weight is 347 g/mol. The molecule has 21 heavy (non-hydrogen) atoms. The van der Waals surface area contributed by atoms with Crippen LogP contribution in [0.2, 0.25) is 0 Å². The van der Waals surface area contributed by atoms with Crippen molar-refractivity contribution in [3.63, 3.8) is 0 Å². The summed E-state index contributed by atoms with van der Waals surface area (Å²) < 4.78 is 3.50. The Labute approximate surface area is 135 Å². The first-order valence-corrected chi connectivity index (χ1v) is 8.72. The summed E-state index contributed by atoms with van der Waals surface area (Å²) in [7, 11) is 0. The molecule has 1 aliphatic rings. The molecule has 1 aromatic carbocycles. The molecule has 1 unspecified atom stereocenters. The van der Waals surface area contributed by atoms with E-state index in [4.69, 9.17) is 0 Å². The molecule has 0 amide bonds. The minimum atomic E-state index is 0.553. The zero-order valence-electron chi connectivity index (χ0n) is 12.6. The van der Waals surface area contributed by atoms with Gasteiger partial charge in [0.05, 0.1) is 0 Å². The van der Waals surface area contributed by atoms with Crippen molar-refractivity contribution in [1.82, 2.24) is 9.88 Å². The second-order valence-corrected chi connectivity index (χ2v) is 6.86. The highest BCUT2D eigenvalue weighted by atomic mass is 79.9. The molecule has 1 aromatic heterocycles. The van der Waals surface area contributed by atoms with Gasteiger partial charge in [-0.2, -0.15) is 0 Å². The van der Waals surface area contributed by atoms with Gasteiger partial charge in [-0.05, 0) is 61.1 Å². The molecular formula is C18H23BrN2. The van der Waals surface area contributed by atoms with Crippen molar-refractivity contribution in [3.05, 3.63) is 57.8 Å². The standard InChI is InChI=1S/C18H23BrN2/c1-2-9-20-18-8-4-6-15-12-21(13-17(15)18)11-14-5-3-7-16(19)10-14/h3,5,7,10,12-13,18,20H,2,4,6,8-9,11H2,1H3. The molecule has 1 aliphatic carbocycles. The number of hydrogen-bond acceptors (Lipinski definition) is 1. The predicted molar refractivity (Wildman–Crippen MR) is 91.6 cm³/mol. The summed E-state index contributed by atoms with van der Waals surface area (Å²) in [4.78, 5) is 0. The van der Waals surface area contributed by atoms with Gasteiger partial charge in [-0.1, -0.05) is 35.0 Å². The lowest BCUT2D eigenvalue weighted by Gasteiger charge is -2.23. The van der Waals surface area contributed by atoms with Crippen LogP contribution in [0, 0.1) is 0 Å². The van der Waals surface area contributed by atoms with E-state index in [0.717, 1.165) is 17.6 Å². The molecule has 112 valence electrons. The molecular weight excluding hydrogens is 324 g/mol. The van der Waals surface area contributed by atoms with Crippen LogP contribution in [0.25, 0.3) is 0 Å². The Morgan fingerprint density at radius 3 is 3.05 bits per heavy atom. The summed E-state index contributed by atoms with van der Waals surface area (Å²) in [6, 6.07) is 9.13. The van der Waals surface area contributed by atoms with Crippen LogP contribution in [0.5, 0.6) is 0 Å². The second-order valence-electron chi connectivity index (χ2n) is 5.94. The summed E-state index contributed by atoms with van der Waals surface area (Å²) in [6.45, 7) is 4.29. The van der Waals surface area contributed by atoms with Crippen molar-refractivity contribution in [3.8, 4) is 0 Å². The number of rotatable bonds is 5. The van der Waals surface area contributed by atoms with E-state index in [-0.39, 0.29) is 0 Å². The molecule has 0 saturated carbocycles. The molecule has 0 bridgehead atoms. The van der Waals surface area contributed by atoms with Gasteiger partial charge in [-0.15, -0.1) is 0 Å². The molecule has 3 rings (SSSR count). The molecule has 1 heterocycles. The SMILES string of the molecule is CCCNC1CCCc2cn(Cc3cccc(Br)c3)cc21. The van der Waals surface area contributed by atoms with Crippen molar-refractivity contribution in [1.29, 1.82) is 0 Å². The van der Waals surface area contributed by atoms with Crippen LogP contribution in [0.4, 0.5) is 0 Å². The normalized spacial score (nSPS) is 17.7. The van der Waals surface area contributed by atoms with Crippen molar-refractivity contribution >= 4 is 15.9 Å². The maximum atomic E-state index is 3.69. The number of nitrogens with zero attached hydrogens (tertiary/aromatic N) is 1. The van der Waals surface area contributed by atoms with E-state index in [1.54, 1.807) is 0 Å². The van der Waals surface area contributed by atoms with Gasteiger partial charge in [0.25, 0.3) is 0 Å². The average Bonchev–Trinajstić information content (AvgIpc) is 2.88. The summed E-state index contributed by atoms with van der Waals surface area (Å²) in [5.74, 6) is 0. The van der Waals surface area contributed by atoms with Gasteiger partial charge in [0.15, 0.2) is 0 Å². The first-order valence-electron chi connectivity index (χ1n) is 7.92. The van der Waals surface area contributed by atoms with Crippen LogP contribution in [-0.4, -0.2) is 11.1 Å². The van der Waals surface area contributed by atoms with Crippen molar-refractivity contribution in [2.75, 3.05) is 6.54 Å². The lowest BCUT2D eigenvalue weighted by molar-refractivity contribution is 0.462. The van der Waals surface area contributed by atoms with Gasteiger partial charge in [-0.3, -0.25) is 0 Å². The van der Waals surface area contributed by atoms with Crippen LogP contribution >= 0.6 is 15.9 Å². The van der Waals surface area contributed by atoms with Gasteiger partial charge in [0, 0.05) is 29.5 Å². The summed E-state index contributed by atoms with van der Waals surface area (Å²) in [5, 5.41) is 3.69. The summed E-state index contributed by atoms with van der Waals surface area (Å²) in [5.41, 5.74) is 4.39. The fourth-order valence-corrected chi connectivity index (χ4v) is 3.66. The quantitative estimate of drug-likeness (QED) is 0.831. The van der Waals surface area contributed by atoms with Gasteiger partial charge >= 0.3 is 0 Å².